The molecular formula is C15H17N3O. The van der Waals surface area contributed by atoms with Crippen molar-refractivity contribution in [3.63, 3.8) is 0 Å². The maximum Gasteiger partial charge on any atom is 0.148 e. The van der Waals surface area contributed by atoms with Crippen LogP contribution in [0.5, 0.6) is 5.75 Å². The molecule has 1 aromatic heterocycles. The molecule has 0 unspecified atom stereocenters. The van der Waals surface area contributed by atoms with E-state index in [0.29, 0.717) is 0 Å². The quantitative estimate of drug-likeness (QED) is 0.779. The molecule has 4 rings (SSSR count). The Hall–Kier alpha value is -1.97. The summed E-state index contributed by atoms with van der Waals surface area (Å²) in [6.45, 7) is 2.94. The molecule has 4 nitrogen and oxygen atoms in total. The van der Waals surface area contributed by atoms with E-state index in [1.165, 1.54) is 22.2 Å². The first-order valence-corrected chi connectivity index (χ1v) is 6.74. The van der Waals surface area contributed by atoms with Gasteiger partial charge in [-0.2, -0.15) is 0 Å². The number of methoxy groups -OCH3 is 1. The molecule has 0 N–H and O–H groups in total. The van der Waals surface area contributed by atoms with Crippen LogP contribution >= 0.6 is 0 Å². The van der Waals surface area contributed by atoms with Gasteiger partial charge >= 0.3 is 0 Å². The van der Waals surface area contributed by atoms with Crippen LogP contribution in [0.25, 0.3) is 10.9 Å². The van der Waals surface area contributed by atoms with Crippen molar-refractivity contribution in [3.8, 4) is 5.75 Å². The highest BCUT2D eigenvalue weighted by Gasteiger charge is 2.29. The van der Waals surface area contributed by atoms with E-state index in [1.807, 2.05) is 0 Å². The lowest BCUT2D eigenvalue weighted by atomic mass is 10.0. The van der Waals surface area contributed by atoms with Gasteiger partial charge in [0.1, 0.15) is 11.6 Å². The number of likely N-dealkylation sites (N-methyl/N-ethyl adjacent to an activating group) is 1. The van der Waals surface area contributed by atoms with Crippen LogP contribution in [-0.2, 0) is 13.0 Å². The summed E-state index contributed by atoms with van der Waals surface area (Å²) >= 11 is 0. The zero-order chi connectivity index (χ0) is 13.0. The molecule has 0 fully saturated rings. The lowest BCUT2D eigenvalue weighted by molar-refractivity contribution is 0.414. The first-order valence-electron chi connectivity index (χ1n) is 6.74. The Bertz CT molecular complexity index is 699. The first-order chi connectivity index (χ1) is 9.29. The Morgan fingerprint density at radius 3 is 3.00 bits per heavy atom. The number of ether oxygens (including phenoxy) is 1. The molecule has 2 aliphatic rings. The van der Waals surface area contributed by atoms with E-state index < -0.39 is 0 Å². The summed E-state index contributed by atoms with van der Waals surface area (Å²) in [7, 11) is 3.86. The maximum atomic E-state index is 5.37. The third kappa shape index (κ3) is 1.37. The number of nitrogens with zero attached hydrogens (tertiary/aromatic N) is 3. The summed E-state index contributed by atoms with van der Waals surface area (Å²) in [6.07, 6.45) is 1.04. The van der Waals surface area contributed by atoms with E-state index in [0.717, 1.165) is 37.6 Å². The van der Waals surface area contributed by atoms with Crippen molar-refractivity contribution in [2.45, 2.75) is 13.0 Å². The number of hydrogen-bond acceptors (Lipinski definition) is 3. The van der Waals surface area contributed by atoms with Gasteiger partial charge in [-0.1, -0.05) is 0 Å². The molecule has 2 aliphatic heterocycles. The molecule has 0 saturated carbocycles. The van der Waals surface area contributed by atoms with Gasteiger partial charge in [-0.25, -0.2) is 0 Å². The third-order valence-electron chi connectivity index (χ3n) is 4.23. The van der Waals surface area contributed by atoms with Gasteiger partial charge in [0.25, 0.3) is 0 Å². The number of fused-ring (bicyclic) bond motifs is 3. The van der Waals surface area contributed by atoms with Crippen molar-refractivity contribution in [1.29, 1.82) is 0 Å². The zero-order valence-electron chi connectivity index (χ0n) is 11.3. The predicted molar refractivity (Wildman–Crippen MR) is 76.2 cm³/mol. The Morgan fingerprint density at radius 2 is 2.16 bits per heavy atom. The molecular weight excluding hydrogens is 238 g/mol. The van der Waals surface area contributed by atoms with Gasteiger partial charge in [-0.05, 0) is 24.1 Å². The summed E-state index contributed by atoms with van der Waals surface area (Å²) in [5.74, 6) is 2.08. The fraction of sp³-hybridized carbons (Fsp3) is 0.400. The standard InChI is InChI=1S/C15H17N3O/c1-17-7-8-18-13-9-10(19-2)3-4-11(13)12-5-6-16-15(17)14(12)18/h3-4,9H,5-8H2,1-2H3. The molecule has 0 saturated heterocycles. The van der Waals surface area contributed by atoms with Crippen molar-refractivity contribution in [2.75, 3.05) is 27.2 Å². The third-order valence-corrected chi connectivity index (χ3v) is 4.23. The number of rotatable bonds is 1. The van der Waals surface area contributed by atoms with Crippen molar-refractivity contribution in [1.82, 2.24) is 9.47 Å². The van der Waals surface area contributed by atoms with Crippen LogP contribution in [-0.4, -0.2) is 42.5 Å². The lowest BCUT2D eigenvalue weighted by Gasteiger charge is -2.31. The average molecular weight is 255 g/mol. The summed E-state index contributed by atoms with van der Waals surface area (Å²) in [5, 5.41) is 1.36. The summed E-state index contributed by atoms with van der Waals surface area (Å²) in [5.41, 5.74) is 4.06. The molecule has 0 aliphatic carbocycles. The van der Waals surface area contributed by atoms with E-state index in [2.05, 4.69) is 34.7 Å². The van der Waals surface area contributed by atoms with Crippen LogP contribution in [0, 0.1) is 0 Å². The Balaban J connectivity index is 2.07. The predicted octanol–water partition coefficient (Wildman–Crippen LogP) is 1.90. The summed E-state index contributed by atoms with van der Waals surface area (Å²) in [6, 6.07) is 6.40. The van der Waals surface area contributed by atoms with E-state index in [4.69, 9.17) is 9.73 Å². The van der Waals surface area contributed by atoms with Crippen LogP contribution in [0.1, 0.15) is 11.3 Å². The van der Waals surface area contributed by atoms with Crippen molar-refractivity contribution >= 4 is 16.7 Å². The minimum atomic E-state index is 0.901. The van der Waals surface area contributed by atoms with Gasteiger partial charge in [-0.15, -0.1) is 0 Å². The van der Waals surface area contributed by atoms with Crippen LogP contribution < -0.4 is 4.74 Å². The molecule has 2 aromatic rings. The molecule has 0 spiro atoms. The van der Waals surface area contributed by atoms with Crippen LogP contribution in [0.4, 0.5) is 0 Å². The normalized spacial score (nSPS) is 17.4. The number of benzene rings is 1. The topological polar surface area (TPSA) is 29.8 Å². The maximum absolute atomic E-state index is 5.37. The van der Waals surface area contributed by atoms with Gasteiger partial charge in [0.05, 0.1) is 18.3 Å². The molecule has 1 aromatic carbocycles. The fourth-order valence-corrected chi connectivity index (χ4v) is 3.27. The lowest BCUT2D eigenvalue weighted by Crippen LogP contribution is -2.39. The van der Waals surface area contributed by atoms with Crippen molar-refractivity contribution in [2.24, 2.45) is 4.99 Å². The Morgan fingerprint density at radius 1 is 1.26 bits per heavy atom. The second kappa shape index (κ2) is 3.76. The molecule has 98 valence electrons. The smallest absolute Gasteiger partial charge is 0.148 e. The highest BCUT2D eigenvalue weighted by molar-refractivity contribution is 6.06. The van der Waals surface area contributed by atoms with Gasteiger partial charge in [-0.3, -0.25) is 4.99 Å². The Kier molecular flexibility index (Phi) is 2.16. The second-order valence-corrected chi connectivity index (χ2v) is 5.24. The second-order valence-electron chi connectivity index (χ2n) is 5.24. The minimum absolute atomic E-state index is 0.901. The molecule has 0 bridgehead atoms. The zero-order valence-corrected chi connectivity index (χ0v) is 11.3. The highest BCUT2D eigenvalue weighted by Crippen LogP contribution is 2.34. The van der Waals surface area contributed by atoms with Crippen molar-refractivity contribution < 1.29 is 4.74 Å². The molecule has 0 radical (unpaired) electrons. The fourth-order valence-electron chi connectivity index (χ4n) is 3.27. The van der Waals surface area contributed by atoms with E-state index in [-0.39, 0.29) is 0 Å². The number of aromatic nitrogens is 1. The van der Waals surface area contributed by atoms with E-state index >= 15 is 0 Å². The van der Waals surface area contributed by atoms with Gasteiger partial charge < -0.3 is 14.2 Å². The van der Waals surface area contributed by atoms with Gasteiger partial charge in [0.15, 0.2) is 0 Å². The monoisotopic (exact) mass is 255 g/mol. The van der Waals surface area contributed by atoms with Crippen LogP contribution in [0.2, 0.25) is 0 Å². The van der Waals surface area contributed by atoms with Gasteiger partial charge in [0, 0.05) is 38.1 Å². The summed E-state index contributed by atoms with van der Waals surface area (Å²) < 4.78 is 7.77. The number of hydrogen-bond donors (Lipinski definition) is 0. The SMILES string of the molecule is COc1ccc2c3c4n(c2c1)CCN(C)C4=NCC3. The molecule has 3 heterocycles. The van der Waals surface area contributed by atoms with E-state index in [9.17, 15) is 0 Å². The Labute approximate surface area is 112 Å². The number of aliphatic imine (C=N–C) groups is 1. The first kappa shape index (κ1) is 10.9. The minimum Gasteiger partial charge on any atom is -0.497 e. The average Bonchev–Trinajstić information content (AvgIpc) is 2.78. The van der Waals surface area contributed by atoms with Crippen LogP contribution in [0.3, 0.4) is 0 Å². The van der Waals surface area contributed by atoms with Crippen molar-refractivity contribution in [3.05, 3.63) is 29.5 Å². The van der Waals surface area contributed by atoms with Gasteiger partial charge in [0.2, 0.25) is 0 Å². The molecule has 0 atom stereocenters. The highest BCUT2D eigenvalue weighted by atomic mass is 16.5. The molecule has 19 heavy (non-hydrogen) atoms. The largest absolute Gasteiger partial charge is 0.497 e. The van der Waals surface area contributed by atoms with Crippen LogP contribution in [0.15, 0.2) is 23.2 Å². The number of amidine groups is 1. The summed E-state index contributed by atoms with van der Waals surface area (Å²) in [4.78, 5) is 6.98. The molecule has 0 amide bonds. The molecule has 4 heteroatoms. The van der Waals surface area contributed by atoms with E-state index in [1.54, 1.807) is 7.11 Å².